The monoisotopic (exact) mass is 333 g/mol. The van der Waals surface area contributed by atoms with Crippen LogP contribution in [0.3, 0.4) is 0 Å². The van der Waals surface area contributed by atoms with Crippen molar-refractivity contribution in [2.75, 3.05) is 6.61 Å². The van der Waals surface area contributed by atoms with E-state index in [0.717, 1.165) is 5.56 Å². The fourth-order valence-electron chi connectivity index (χ4n) is 2.03. The number of nitrogens with two attached hydrogens (primary N) is 1. The third-order valence-electron chi connectivity index (χ3n) is 3.47. The first kappa shape index (κ1) is 17.3. The first-order chi connectivity index (χ1) is 10.2. The van der Waals surface area contributed by atoms with E-state index in [9.17, 15) is 23.7 Å². The van der Waals surface area contributed by atoms with E-state index in [-0.39, 0.29) is 4.90 Å². The number of aryl methyl sites for hydroxylation is 1. The minimum absolute atomic E-state index is 0.0406. The largest absolute Gasteiger partial charge is 0.388 e. The van der Waals surface area contributed by atoms with Crippen molar-refractivity contribution in [3.05, 3.63) is 29.8 Å². The van der Waals surface area contributed by atoms with E-state index in [1.54, 1.807) is 12.1 Å². The van der Waals surface area contributed by atoms with Gasteiger partial charge in [-0.3, -0.25) is 4.18 Å². The Morgan fingerprint density at radius 3 is 2.36 bits per heavy atom. The average Bonchev–Trinajstić information content (AvgIpc) is 2.48. The van der Waals surface area contributed by atoms with Gasteiger partial charge in [-0.15, -0.1) is 0 Å². The maximum absolute atomic E-state index is 12.0. The maximum atomic E-state index is 12.0. The van der Waals surface area contributed by atoms with Crippen LogP contribution in [0.1, 0.15) is 5.56 Å². The quantitative estimate of drug-likeness (QED) is 0.487. The van der Waals surface area contributed by atoms with Crippen LogP contribution in [-0.4, -0.2) is 61.0 Å². The van der Waals surface area contributed by atoms with E-state index in [0.29, 0.717) is 0 Å². The summed E-state index contributed by atoms with van der Waals surface area (Å²) in [4.78, 5) is -0.0406. The Kier molecular flexibility index (Phi) is 5.17. The maximum Gasteiger partial charge on any atom is 0.297 e. The van der Waals surface area contributed by atoms with Crippen molar-refractivity contribution in [2.24, 2.45) is 5.73 Å². The Morgan fingerprint density at radius 2 is 1.77 bits per heavy atom. The summed E-state index contributed by atoms with van der Waals surface area (Å²) in [6, 6.07) is 4.84. The molecule has 0 unspecified atom stereocenters. The topological polar surface area (TPSA) is 139 Å². The molecule has 9 heteroatoms. The molecule has 22 heavy (non-hydrogen) atoms. The molecule has 2 rings (SSSR count). The van der Waals surface area contributed by atoms with E-state index in [2.05, 4.69) is 0 Å². The molecule has 5 atom stereocenters. The second-order valence-corrected chi connectivity index (χ2v) is 6.79. The number of rotatable bonds is 4. The van der Waals surface area contributed by atoms with Crippen LogP contribution in [0.4, 0.5) is 0 Å². The molecule has 1 fully saturated rings. The van der Waals surface area contributed by atoms with Gasteiger partial charge in [0.2, 0.25) is 0 Å². The van der Waals surface area contributed by atoms with Crippen molar-refractivity contribution in [1.82, 2.24) is 0 Å². The van der Waals surface area contributed by atoms with Crippen molar-refractivity contribution < 1.29 is 32.7 Å². The molecular formula is C13H19NO7S. The Bertz CT molecular complexity index is 603. The predicted octanol–water partition coefficient (Wildman–Crippen LogP) is -1.53. The molecule has 1 aromatic carbocycles. The molecule has 1 heterocycles. The second kappa shape index (κ2) is 6.59. The van der Waals surface area contributed by atoms with Crippen molar-refractivity contribution in [3.63, 3.8) is 0 Å². The summed E-state index contributed by atoms with van der Waals surface area (Å²) in [6.07, 6.45) is -5.65. The number of hydrogen-bond donors (Lipinski definition) is 4. The van der Waals surface area contributed by atoms with Gasteiger partial charge in [-0.05, 0) is 19.1 Å². The van der Waals surface area contributed by atoms with Crippen LogP contribution in [-0.2, 0) is 19.0 Å². The van der Waals surface area contributed by atoms with E-state index in [1.807, 2.05) is 6.92 Å². The Balaban J connectivity index is 2.04. The first-order valence-electron chi connectivity index (χ1n) is 6.64. The lowest BCUT2D eigenvalue weighted by atomic mass is 9.98. The van der Waals surface area contributed by atoms with Crippen molar-refractivity contribution in [1.29, 1.82) is 0 Å². The van der Waals surface area contributed by atoms with E-state index in [4.69, 9.17) is 14.7 Å². The molecule has 0 amide bonds. The van der Waals surface area contributed by atoms with Gasteiger partial charge in [0.05, 0.1) is 17.5 Å². The first-order valence-corrected chi connectivity index (χ1v) is 8.04. The van der Waals surface area contributed by atoms with Gasteiger partial charge in [0.1, 0.15) is 18.3 Å². The molecule has 5 N–H and O–H groups in total. The average molecular weight is 333 g/mol. The Labute approximate surface area is 128 Å². The van der Waals surface area contributed by atoms with Gasteiger partial charge in [0, 0.05) is 0 Å². The minimum atomic E-state index is -4.03. The van der Waals surface area contributed by atoms with Crippen molar-refractivity contribution >= 4 is 10.1 Å². The number of hydrogen-bond acceptors (Lipinski definition) is 8. The zero-order valence-corrected chi connectivity index (χ0v) is 12.7. The number of ether oxygens (including phenoxy) is 1. The highest BCUT2D eigenvalue weighted by molar-refractivity contribution is 7.86. The molecule has 0 aromatic heterocycles. The van der Waals surface area contributed by atoms with Crippen LogP contribution >= 0.6 is 0 Å². The smallest absolute Gasteiger partial charge is 0.297 e. The molecular weight excluding hydrogens is 314 g/mol. The van der Waals surface area contributed by atoms with Gasteiger partial charge >= 0.3 is 0 Å². The number of aliphatic hydroxyl groups is 3. The van der Waals surface area contributed by atoms with Crippen LogP contribution in [0, 0.1) is 6.92 Å². The van der Waals surface area contributed by atoms with E-state index in [1.165, 1.54) is 12.1 Å². The molecule has 1 aromatic rings. The molecule has 1 aliphatic heterocycles. The molecule has 0 bridgehead atoms. The van der Waals surface area contributed by atoms with Gasteiger partial charge < -0.3 is 25.8 Å². The highest BCUT2D eigenvalue weighted by Crippen LogP contribution is 2.21. The lowest BCUT2D eigenvalue weighted by Crippen LogP contribution is -2.62. The van der Waals surface area contributed by atoms with Gasteiger partial charge in [-0.25, -0.2) is 0 Å². The highest BCUT2D eigenvalue weighted by atomic mass is 32.2. The fraction of sp³-hybridized carbons (Fsp3) is 0.538. The zero-order chi connectivity index (χ0) is 16.5. The number of aliphatic hydroxyl groups excluding tert-OH is 3. The molecule has 8 nitrogen and oxygen atoms in total. The third-order valence-corrected chi connectivity index (χ3v) is 4.76. The van der Waals surface area contributed by atoms with E-state index < -0.39 is 47.4 Å². The van der Waals surface area contributed by atoms with E-state index >= 15 is 0 Å². The third kappa shape index (κ3) is 3.63. The summed E-state index contributed by atoms with van der Waals surface area (Å²) in [7, 11) is -4.03. The second-order valence-electron chi connectivity index (χ2n) is 5.18. The van der Waals surface area contributed by atoms with Crippen LogP contribution in [0.2, 0.25) is 0 Å². The summed E-state index contributed by atoms with van der Waals surface area (Å²) in [6.45, 7) is 1.26. The van der Waals surface area contributed by atoms with Crippen LogP contribution in [0.15, 0.2) is 29.2 Å². The highest BCUT2D eigenvalue weighted by Gasteiger charge is 2.42. The summed E-state index contributed by atoms with van der Waals surface area (Å²) < 4.78 is 33.8. The van der Waals surface area contributed by atoms with Crippen LogP contribution < -0.4 is 5.73 Å². The predicted molar refractivity (Wildman–Crippen MR) is 75.2 cm³/mol. The number of benzene rings is 1. The molecule has 124 valence electrons. The SMILES string of the molecule is Cc1ccc(S(=O)(=O)OC[C@H]2O[C@@H](O)[C@@H](N)[C@H](O)[C@H]2O)cc1. The van der Waals surface area contributed by atoms with Crippen LogP contribution in [0.5, 0.6) is 0 Å². The van der Waals surface area contributed by atoms with Crippen molar-refractivity contribution in [2.45, 2.75) is 42.5 Å². The molecule has 0 spiro atoms. The van der Waals surface area contributed by atoms with Gasteiger partial charge in [-0.1, -0.05) is 17.7 Å². The molecule has 1 aliphatic rings. The Morgan fingerprint density at radius 1 is 1.18 bits per heavy atom. The molecule has 0 saturated carbocycles. The fourth-order valence-corrected chi connectivity index (χ4v) is 2.95. The molecule has 0 aliphatic carbocycles. The Hall–Kier alpha value is -1.07. The normalized spacial score (nSPS) is 32.9. The standard InChI is InChI=1S/C13H19NO7S/c1-7-2-4-8(5-3-7)22(18,19)20-6-9-11(15)12(16)10(14)13(17)21-9/h2-5,9-13,15-17H,6,14H2,1H3/t9-,10+,11+,12+,13-/m1/s1. The summed E-state index contributed by atoms with van der Waals surface area (Å²) in [5, 5.41) is 28.9. The lowest BCUT2D eigenvalue weighted by molar-refractivity contribution is -0.246. The molecule has 0 radical (unpaired) electrons. The minimum Gasteiger partial charge on any atom is -0.388 e. The molecule has 1 saturated heterocycles. The summed E-state index contributed by atoms with van der Waals surface area (Å²) >= 11 is 0. The summed E-state index contributed by atoms with van der Waals surface area (Å²) in [5.74, 6) is 0. The summed E-state index contributed by atoms with van der Waals surface area (Å²) in [5.41, 5.74) is 6.31. The van der Waals surface area contributed by atoms with Gasteiger partial charge in [0.15, 0.2) is 6.29 Å². The van der Waals surface area contributed by atoms with Gasteiger partial charge in [-0.2, -0.15) is 8.42 Å². The van der Waals surface area contributed by atoms with Crippen molar-refractivity contribution in [3.8, 4) is 0 Å². The van der Waals surface area contributed by atoms with Gasteiger partial charge in [0.25, 0.3) is 10.1 Å². The zero-order valence-electron chi connectivity index (χ0n) is 11.9. The van der Waals surface area contributed by atoms with Crippen LogP contribution in [0.25, 0.3) is 0 Å². The lowest BCUT2D eigenvalue weighted by Gasteiger charge is -2.38.